The Balaban J connectivity index is 1.46. The second-order valence-electron chi connectivity index (χ2n) is 5.35. The van der Waals surface area contributed by atoms with Gasteiger partial charge in [0.1, 0.15) is 0 Å². The minimum Gasteiger partial charge on any atom is -0.361 e. The van der Waals surface area contributed by atoms with E-state index in [0.717, 1.165) is 22.0 Å². The van der Waals surface area contributed by atoms with Gasteiger partial charge in [0.05, 0.1) is 0 Å². The number of hydrogen-bond donors (Lipinski definition) is 3. The van der Waals surface area contributed by atoms with E-state index < -0.39 is 0 Å². The highest BCUT2D eigenvalue weighted by Gasteiger charge is 2.04. The zero-order valence-electron chi connectivity index (χ0n) is 12.6. The van der Waals surface area contributed by atoms with Crippen LogP contribution in [0.2, 0.25) is 0 Å². The van der Waals surface area contributed by atoms with Gasteiger partial charge in [0.25, 0.3) is 0 Å². The predicted octanol–water partition coefficient (Wildman–Crippen LogP) is 3.97. The normalized spacial score (nSPS) is 10.7. The molecule has 4 nitrogen and oxygen atoms in total. The van der Waals surface area contributed by atoms with Crippen molar-refractivity contribution in [3.8, 4) is 0 Å². The third kappa shape index (κ3) is 4.13. The van der Waals surface area contributed by atoms with E-state index >= 15 is 0 Å². The molecule has 0 saturated heterocycles. The molecule has 3 rings (SSSR count). The Bertz CT molecular complexity index is 813. The number of hydrogen-bond acceptors (Lipinski definition) is 1. The third-order valence-electron chi connectivity index (χ3n) is 3.70. The molecule has 0 radical (unpaired) electrons. The standard InChI is InChI=1S/C18H18BrN3O/c19-15-5-3-4-13(10-15)11-22-18(23)20-9-8-14-12-21-17-7-2-1-6-16(14)17/h1-7,10,12,21H,8-9,11H2,(H2,20,22,23). The Morgan fingerprint density at radius 3 is 2.83 bits per heavy atom. The first-order valence-electron chi connectivity index (χ1n) is 7.53. The number of carbonyl (C=O) groups excluding carboxylic acids is 1. The molecular weight excluding hydrogens is 354 g/mol. The number of para-hydroxylation sites is 1. The highest BCUT2D eigenvalue weighted by molar-refractivity contribution is 9.10. The summed E-state index contributed by atoms with van der Waals surface area (Å²) in [7, 11) is 0. The maximum atomic E-state index is 11.9. The van der Waals surface area contributed by atoms with Gasteiger partial charge in [0.2, 0.25) is 0 Å². The second-order valence-corrected chi connectivity index (χ2v) is 6.26. The molecule has 0 aliphatic carbocycles. The van der Waals surface area contributed by atoms with Crippen LogP contribution in [-0.4, -0.2) is 17.6 Å². The Morgan fingerprint density at radius 2 is 1.96 bits per heavy atom. The van der Waals surface area contributed by atoms with Crippen LogP contribution in [0.3, 0.4) is 0 Å². The molecule has 1 aromatic heterocycles. The zero-order chi connectivity index (χ0) is 16.1. The van der Waals surface area contributed by atoms with Gasteiger partial charge in [0, 0.05) is 34.7 Å². The van der Waals surface area contributed by atoms with Crippen molar-refractivity contribution in [3.05, 3.63) is 70.3 Å². The van der Waals surface area contributed by atoms with Crippen molar-refractivity contribution < 1.29 is 4.79 Å². The first kappa shape index (κ1) is 15.6. The fraction of sp³-hybridized carbons (Fsp3) is 0.167. The second kappa shape index (κ2) is 7.33. The molecule has 5 heteroatoms. The van der Waals surface area contributed by atoms with Gasteiger partial charge in [-0.1, -0.05) is 46.3 Å². The van der Waals surface area contributed by atoms with E-state index in [0.29, 0.717) is 13.1 Å². The molecular formula is C18H18BrN3O. The highest BCUT2D eigenvalue weighted by Crippen LogP contribution is 2.17. The number of aromatic amines is 1. The summed E-state index contributed by atoms with van der Waals surface area (Å²) in [5.74, 6) is 0. The smallest absolute Gasteiger partial charge is 0.315 e. The summed E-state index contributed by atoms with van der Waals surface area (Å²) in [6, 6.07) is 15.9. The van der Waals surface area contributed by atoms with Crippen LogP contribution in [0.1, 0.15) is 11.1 Å². The van der Waals surface area contributed by atoms with Gasteiger partial charge in [-0.2, -0.15) is 0 Å². The fourth-order valence-corrected chi connectivity index (χ4v) is 2.99. The number of H-pyrrole nitrogens is 1. The van der Waals surface area contributed by atoms with Crippen LogP contribution in [0.15, 0.2) is 59.2 Å². The van der Waals surface area contributed by atoms with E-state index in [2.05, 4.69) is 43.7 Å². The molecule has 1 heterocycles. The van der Waals surface area contributed by atoms with Gasteiger partial charge in [-0.15, -0.1) is 0 Å². The average Bonchev–Trinajstić information content (AvgIpc) is 2.97. The Kier molecular flexibility index (Phi) is 4.98. The van der Waals surface area contributed by atoms with E-state index in [1.54, 1.807) is 0 Å². The van der Waals surface area contributed by atoms with Crippen molar-refractivity contribution in [1.82, 2.24) is 15.6 Å². The minimum absolute atomic E-state index is 0.148. The van der Waals surface area contributed by atoms with Gasteiger partial charge in [-0.25, -0.2) is 4.79 Å². The first-order chi connectivity index (χ1) is 11.2. The minimum atomic E-state index is -0.148. The number of amides is 2. The van der Waals surface area contributed by atoms with Gasteiger partial charge in [-0.05, 0) is 35.7 Å². The number of nitrogens with one attached hydrogen (secondary N) is 3. The lowest BCUT2D eigenvalue weighted by atomic mass is 10.1. The van der Waals surface area contributed by atoms with E-state index in [1.807, 2.05) is 42.6 Å². The van der Waals surface area contributed by atoms with Crippen LogP contribution in [0, 0.1) is 0 Å². The molecule has 0 bridgehead atoms. The van der Waals surface area contributed by atoms with Crippen LogP contribution in [-0.2, 0) is 13.0 Å². The molecule has 0 spiro atoms. The third-order valence-corrected chi connectivity index (χ3v) is 4.19. The number of rotatable bonds is 5. The van der Waals surface area contributed by atoms with Crippen LogP contribution in [0.25, 0.3) is 10.9 Å². The molecule has 3 N–H and O–H groups in total. The maximum Gasteiger partial charge on any atom is 0.315 e. The van der Waals surface area contributed by atoms with Crippen LogP contribution in [0.5, 0.6) is 0 Å². The van der Waals surface area contributed by atoms with Crippen molar-refractivity contribution in [3.63, 3.8) is 0 Å². The number of benzene rings is 2. The lowest BCUT2D eigenvalue weighted by molar-refractivity contribution is 0.240. The number of urea groups is 1. The van der Waals surface area contributed by atoms with Gasteiger partial charge < -0.3 is 15.6 Å². The fourth-order valence-electron chi connectivity index (χ4n) is 2.54. The predicted molar refractivity (Wildman–Crippen MR) is 96.4 cm³/mol. The lowest BCUT2D eigenvalue weighted by Gasteiger charge is -2.08. The van der Waals surface area contributed by atoms with Crippen molar-refractivity contribution in [1.29, 1.82) is 0 Å². The Hall–Kier alpha value is -2.27. The number of fused-ring (bicyclic) bond motifs is 1. The molecule has 0 aliphatic heterocycles. The van der Waals surface area contributed by atoms with Crippen LogP contribution >= 0.6 is 15.9 Å². The van der Waals surface area contributed by atoms with Crippen molar-refractivity contribution in [2.45, 2.75) is 13.0 Å². The summed E-state index contributed by atoms with van der Waals surface area (Å²) in [5.41, 5.74) is 3.40. The monoisotopic (exact) mass is 371 g/mol. The van der Waals surface area contributed by atoms with Crippen LogP contribution < -0.4 is 10.6 Å². The average molecular weight is 372 g/mol. The van der Waals surface area contributed by atoms with Crippen molar-refractivity contribution in [2.75, 3.05) is 6.54 Å². The molecule has 118 valence electrons. The number of aromatic nitrogens is 1. The summed E-state index contributed by atoms with van der Waals surface area (Å²) in [5, 5.41) is 6.97. The van der Waals surface area contributed by atoms with Gasteiger partial charge >= 0.3 is 6.03 Å². The molecule has 2 amide bonds. The molecule has 0 saturated carbocycles. The first-order valence-corrected chi connectivity index (χ1v) is 8.33. The molecule has 23 heavy (non-hydrogen) atoms. The summed E-state index contributed by atoms with van der Waals surface area (Å²) in [4.78, 5) is 15.1. The van der Waals surface area contributed by atoms with E-state index in [-0.39, 0.29) is 6.03 Å². The molecule has 0 atom stereocenters. The Morgan fingerprint density at radius 1 is 1.09 bits per heavy atom. The van der Waals surface area contributed by atoms with Gasteiger partial charge in [0.15, 0.2) is 0 Å². The molecule has 3 aromatic rings. The van der Waals surface area contributed by atoms with Crippen LogP contribution in [0.4, 0.5) is 4.79 Å². The number of carbonyl (C=O) groups is 1. The van der Waals surface area contributed by atoms with E-state index in [9.17, 15) is 4.79 Å². The summed E-state index contributed by atoms with van der Waals surface area (Å²) in [6.07, 6.45) is 2.81. The quantitative estimate of drug-likeness (QED) is 0.624. The van der Waals surface area contributed by atoms with E-state index in [1.165, 1.54) is 10.9 Å². The maximum absolute atomic E-state index is 11.9. The van der Waals surface area contributed by atoms with Crippen molar-refractivity contribution >= 4 is 32.9 Å². The van der Waals surface area contributed by atoms with E-state index in [4.69, 9.17) is 0 Å². The molecule has 0 aliphatic rings. The molecule has 0 unspecified atom stereocenters. The highest BCUT2D eigenvalue weighted by atomic mass is 79.9. The van der Waals surface area contributed by atoms with Gasteiger partial charge in [-0.3, -0.25) is 0 Å². The molecule has 2 aromatic carbocycles. The SMILES string of the molecule is O=C(NCCc1c[nH]c2ccccc12)NCc1cccc(Br)c1. The summed E-state index contributed by atoms with van der Waals surface area (Å²) >= 11 is 3.42. The largest absolute Gasteiger partial charge is 0.361 e. The zero-order valence-corrected chi connectivity index (χ0v) is 14.2. The van der Waals surface area contributed by atoms with Crippen molar-refractivity contribution in [2.24, 2.45) is 0 Å². The summed E-state index contributed by atoms with van der Waals surface area (Å²) < 4.78 is 1.01. The number of halogens is 1. The lowest BCUT2D eigenvalue weighted by Crippen LogP contribution is -2.36. The Labute approximate surface area is 143 Å². The molecule has 0 fully saturated rings. The summed E-state index contributed by atoms with van der Waals surface area (Å²) in [6.45, 7) is 1.12. The topological polar surface area (TPSA) is 56.9 Å².